The third kappa shape index (κ3) is 6.41. The molecule has 9 heteroatoms. The van der Waals surface area contributed by atoms with Gasteiger partial charge in [-0.2, -0.15) is 4.98 Å². The molecule has 0 aliphatic rings. The van der Waals surface area contributed by atoms with Crippen LogP contribution < -0.4 is 15.4 Å². The molecule has 9 nitrogen and oxygen atoms in total. The smallest absolute Gasteiger partial charge is 0.337 e. The summed E-state index contributed by atoms with van der Waals surface area (Å²) in [6.45, 7) is 8.09. The minimum Gasteiger partial charge on any atom is -0.478 e. The van der Waals surface area contributed by atoms with Crippen molar-refractivity contribution in [3.05, 3.63) is 65.9 Å². The lowest BCUT2D eigenvalue weighted by Gasteiger charge is -2.30. The monoisotopic (exact) mass is 452 g/mol. The molecule has 0 spiro atoms. The minimum absolute atomic E-state index is 0.146. The van der Waals surface area contributed by atoms with Crippen LogP contribution in [0.2, 0.25) is 0 Å². The van der Waals surface area contributed by atoms with Gasteiger partial charge < -0.3 is 30.0 Å². The number of carboxylic acids is 1. The SMILES string of the molecule is CCOC(C)(OCC)Oc1ccccc1Nc1nc(C)cc(Nc2ccccc2C(=O)O)n1. The van der Waals surface area contributed by atoms with Crippen molar-refractivity contribution in [3.63, 3.8) is 0 Å². The van der Waals surface area contributed by atoms with E-state index in [-0.39, 0.29) is 5.56 Å². The molecular formula is C24H28N4O5. The van der Waals surface area contributed by atoms with Crippen LogP contribution in [-0.2, 0) is 9.47 Å². The highest BCUT2D eigenvalue weighted by atomic mass is 16.9. The van der Waals surface area contributed by atoms with Crippen molar-refractivity contribution in [3.8, 4) is 5.75 Å². The molecule has 0 atom stereocenters. The topological polar surface area (TPSA) is 115 Å². The first-order chi connectivity index (χ1) is 15.8. The van der Waals surface area contributed by atoms with Gasteiger partial charge in [-0.1, -0.05) is 24.3 Å². The second-order valence-corrected chi connectivity index (χ2v) is 7.15. The van der Waals surface area contributed by atoms with E-state index in [0.717, 1.165) is 0 Å². The van der Waals surface area contributed by atoms with Crippen LogP contribution in [0.1, 0.15) is 36.8 Å². The highest BCUT2D eigenvalue weighted by Crippen LogP contribution is 2.31. The Hall–Kier alpha value is -3.69. The van der Waals surface area contributed by atoms with Crippen LogP contribution in [0.4, 0.5) is 23.1 Å². The van der Waals surface area contributed by atoms with Crippen LogP contribution in [0.5, 0.6) is 5.75 Å². The van der Waals surface area contributed by atoms with Gasteiger partial charge >= 0.3 is 11.9 Å². The van der Waals surface area contributed by atoms with Crippen LogP contribution in [0.15, 0.2) is 54.6 Å². The summed E-state index contributed by atoms with van der Waals surface area (Å²) in [6.07, 6.45) is 0. The highest BCUT2D eigenvalue weighted by Gasteiger charge is 2.28. The van der Waals surface area contributed by atoms with Gasteiger partial charge in [0.05, 0.1) is 30.2 Å². The van der Waals surface area contributed by atoms with Gasteiger partial charge in [0.15, 0.2) is 0 Å². The van der Waals surface area contributed by atoms with E-state index in [1.807, 2.05) is 39.0 Å². The second-order valence-electron chi connectivity index (χ2n) is 7.15. The van der Waals surface area contributed by atoms with Crippen molar-refractivity contribution in [1.29, 1.82) is 0 Å². The average Bonchev–Trinajstić information content (AvgIpc) is 2.75. The van der Waals surface area contributed by atoms with Gasteiger partial charge in [0.25, 0.3) is 0 Å². The van der Waals surface area contributed by atoms with Crippen molar-refractivity contribution in [2.75, 3.05) is 23.8 Å². The van der Waals surface area contributed by atoms with E-state index in [9.17, 15) is 9.90 Å². The number of carbonyl (C=O) groups is 1. The van der Waals surface area contributed by atoms with E-state index in [1.165, 1.54) is 6.07 Å². The Morgan fingerprint density at radius 2 is 1.61 bits per heavy atom. The number of anilines is 4. The lowest BCUT2D eigenvalue weighted by atomic mass is 10.2. The number of rotatable bonds is 11. The minimum atomic E-state index is -1.25. The molecular weight excluding hydrogens is 424 g/mol. The molecule has 0 unspecified atom stereocenters. The number of aromatic nitrogens is 2. The Balaban J connectivity index is 1.87. The molecule has 1 aromatic heterocycles. The van der Waals surface area contributed by atoms with Crippen LogP contribution in [-0.4, -0.2) is 40.2 Å². The molecule has 1 heterocycles. The number of hydrogen-bond acceptors (Lipinski definition) is 8. The summed E-state index contributed by atoms with van der Waals surface area (Å²) < 4.78 is 17.3. The molecule has 3 N–H and O–H groups in total. The van der Waals surface area contributed by atoms with E-state index in [4.69, 9.17) is 14.2 Å². The van der Waals surface area contributed by atoms with Gasteiger partial charge in [0.1, 0.15) is 11.6 Å². The number of benzene rings is 2. The van der Waals surface area contributed by atoms with Gasteiger partial charge in [-0.15, -0.1) is 0 Å². The molecule has 0 aliphatic carbocycles. The summed E-state index contributed by atoms with van der Waals surface area (Å²) in [5.74, 6) is -1.01. The Bertz CT molecular complexity index is 1100. The number of nitrogens with zero attached hydrogens (tertiary/aromatic N) is 2. The number of nitrogens with one attached hydrogen (secondary N) is 2. The third-order valence-corrected chi connectivity index (χ3v) is 4.52. The molecule has 0 radical (unpaired) electrons. The summed E-state index contributed by atoms with van der Waals surface area (Å²) in [5, 5.41) is 15.7. The summed E-state index contributed by atoms with van der Waals surface area (Å²) in [4.78, 5) is 20.4. The molecule has 174 valence electrons. The van der Waals surface area contributed by atoms with Gasteiger partial charge in [-0.3, -0.25) is 0 Å². The second kappa shape index (κ2) is 10.8. The van der Waals surface area contributed by atoms with Gasteiger partial charge in [-0.25, -0.2) is 9.78 Å². The Labute approximate surface area is 192 Å². The molecule has 3 aromatic rings. The van der Waals surface area contributed by atoms with Crippen LogP contribution in [0.25, 0.3) is 0 Å². The first-order valence-corrected chi connectivity index (χ1v) is 10.6. The molecule has 0 amide bonds. The first-order valence-electron chi connectivity index (χ1n) is 10.6. The maximum absolute atomic E-state index is 11.5. The standard InChI is InChI=1S/C24H28N4O5/c1-5-31-24(4,32-6-2)33-20-14-10-9-13-19(20)27-23-25-16(3)15-21(28-23)26-18-12-8-7-11-17(18)22(29)30/h7-15H,5-6H2,1-4H3,(H,29,30)(H2,25,26,27,28). The van der Waals surface area contributed by atoms with Crippen molar-refractivity contribution in [2.24, 2.45) is 0 Å². The predicted molar refractivity (Wildman–Crippen MR) is 125 cm³/mol. The lowest BCUT2D eigenvalue weighted by Crippen LogP contribution is -2.39. The van der Waals surface area contributed by atoms with E-state index in [1.54, 1.807) is 37.3 Å². The molecule has 3 rings (SSSR count). The Morgan fingerprint density at radius 1 is 0.970 bits per heavy atom. The maximum Gasteiger partial charge on any atom is 0.337 e. The quantitative estimate of drug-likeness (QED) is 0.342. The molecule has 0 saturated carbocycles. The van der Waals surface area contributed by atoms with Crippen molar-refractivity contribution in [2.45, 2.75) is 33.7 Å². The molecule has 0 bridgehead atoms. The van der Waals surface area contributed by atoms with Gasteiger partial charge in [-0.05, 0) is 45.0 Å². The molecule has 0 aliphatic heterocycles. The third-order valence-electron chi connectivity index (χ3n) is 4.52. The van der Waals surface area contributed by atoms with Crippen LogP contribution in [0.3, 0.4) is 0 Å². The zero-order chi connectivity index (χ0) is 23.8. The number of ether oxygens (including phenoxy) is 3. The first kappa shape index (κ1) is 24.0. The predicted octanol–water partition coefficient (Wildman–Crippen LogP) is 5.10. The summed E-state index contributed by atoms with van der Waals surface area (Å²) in [7, 11) is 0. The van der Waals surface area contributed by atoms with Crippen LogP contribution in [0, 0.1) is 6.92 Å². The van der Waals surface area contributed by atoms with E-state index >= 15 is 0 Å². The van der Waals surface area contributed by atoms with E-state index in [0.29, 0.717) is 47.8 Å². The van der Waals surface area contributed by atoms with Crippen molar-refractivity contribution >= 4 is 29.1 Å². The van der Waals surface area contributed by atoms with Crippen LogP contribution >= 0.6 is 0 Å². The zero-order valence-corrected chi connectivity index (χ0v) is 19.1. The molecule has 33 heavy (non-hydrogen) atoms. The molecule has 0 fully saturated rings. The largest absolute Gasteiger partial charge is 0.478 e. The lowest BCUT2D eigenvalue weighted by molar-refractivity contribution is -0.328. The normalized spacial score (nSPS) is 11.2. The fraction of sp³-hybridized carbons (Fsp3) is 0.292. The molecule has 2 aromatic carbocycles. The Kier molecular flexibility index (Phi) is 7.81. The van der Waals surface area contributed by atoms with Gasteiger partial charge in [0, 0.05) is 18.7 Å². The van der Waals surface area contributed by atoms with Crippen molar-refractivity contribution in [1.82, 2.24) is 9.97 Å². The van der Waals surface area contributed by atoms with Gasteiger partial charge in [0.2, 0.25) is 5.95 Å². The summed E-state index contributed by atoms with van der Waals surface area (Å²) in [6, 6.07) is 15.7. The fourth-order valence-electron chi connectivity index (χ4n) is 3.21. The average molecular weight is 453 g/mol. The zero-order valence-electron chi connectivity index (χ0n) is 19.1. The summed E-state index contributed by atoms with van der Waals surface area (Å²) in [5.41, 5.74) is 1.88. The number of aryl methyl sites for hydroxylation is 1. The molecule has 0 saturated heterocycles. The number of hydrogen-bond donors (Lipinski definition) is 3. The summed E-state index contributed by atoms with van der Waals surface area (Å²) >= 11 is 0. The Morgan fingerprint density at radius 3 is 2.27 bits per heavy atom. The van der Waals surface area contributed by atoms with Crippen molar-refractivity contribution < 1.29 is 24.1 Å². The van der Waals surface area contributed by atoms with E-state index < -0.39 is 11.9 Å². The number of carboxylic acid groups (broad SMARTS) is 1. The maximum atomic E-state index is 11.5. The highest BCUT2D eigenvalue weighted by molar-refractivity contribution is 5.95. The fourth-order valence-corrected chi connectivity index (χ4v) is 3.21. The number of para-hydroxylation sites is 3. The number of aromatic carboxylic acids is 1. The van der Waals surface area contributed by atoms with E-state index in [2.05, 4.69) is 20.6 Å².